The predicted octanol–water partition coefficient (Wildman–Crippen LogP) is 5.76. The Morgan fingerprint density at radius 2 is 1.79 bits per heavy atom. The highest BCUT2D eigenvalue weighted by Crippen LogP contribution is 2.27. The normalized spacial score (nSPS) is 11.3. The van der Waals surface area contributed by atoms with Crippen LogP contribution in [0.3, 0.4) is 0 Å². The van der Waals surface area contributed by atoms with Crippen LogP contribution in [0, 0.1) is 0 Å². The third-order valence-corrected chi connectivity index (χ3v) is 5.99. The van der Waals surface area contributed by atoms with Gasteiger partial charge >= 0.3 is 5.97 Å². The molecule has 0 saturated carbocycles. The number of aromatic nitrogens is 2. The van der Waals surface area contributed by atoms with Gasteiger partial charge in [0.2, 0.25) is 5.89 Å². The molecule has 0 aliphatic carbocycles. The molecule has 0 radical (unpaired) electrons. The predicted molar refractivity (Wildman–Crippen MR) is 148 cm³/mol. The maximum absolute atomic E-state index is 12.5. The van der Waals surface area contributed by atoms with Crippen molar-refractivity contribution in [1.29, 1.82) is 0 Å². The summed E-state index contributed by atoms with van der Waals surface area (Å²) in [6.45, 7) is 1.24. The van der Waals surface area contributed by atoms with Crippen LogP contribution >= 0.6 is 0 Å². The van der Waals surface area contributed by atoms with E-state index in [4.69, 9.17) is 14.3 Å². The molecular formula is C31H31N3O5. The summed E-state index contributed by atoms with van der Waals surface area (Å²) in [5, 5.41) is 11.7. The van der Waals surface area contributed by atoms with Gasteiger partial charge in [0.1, 0.15) is 6.26 Å². The van der Waals surface area contributed by atoms with Crippen molar-refractivity contribution < 1.29 is 23.8 Å². The summed E-state index contributed by atoms with van der Waals surface area (Å²) in [5.41, 5.74) is 5.02. The number of carbonyl (C=O) groups is 2. The first-order valence-corrected chi connectivity index (χ1v) is 12.9. The van der Waals surface area contributed by atoms with Crippen molar-refractivity contribution in [3.63, 3.8) is 0 Å². The molecule has 8 nitrogen and oxygen atoms in total. The average Bonchev–Trinajstić information content (AvgIpc) is 3.46. The molecule has 0 bridgehead atoms. The van der Waals surface area contributed by atoms with E-state index < -0.39 is 5.97 Å². The van der Waals surface area contributed by atoms with Gasteiger partial charge in [-0.25, -0.2) is 4.98 Å². The number of carboxylic acid groups (broad SMARTS) is 1. The molecule has 0 unspecified atom stereocenters. The van der Waals surface area contributed by atoms with E-state index >= 15 is 0 Å². The van der Waals surface area contributed by atoms with Crippen LogP contribution in [-0.2, 0) is 16.1 Å². The van der Waals surface area contributed by atoms with Crippen LogP contribution in [0.2, 0.25) is 0 Å². The molecule has 0 aliphatic rings. The first-order chi connectivity index (χ1) is 19.1. The largest absolute Gasteiger partial charge is 0.481 e. The fraction of sp³-hybridized carbons (Fsp3) is 0.226. The van der Waals surface area contributed by atoms with Crippen molar-refractivity contribution in [2.45, 2.75) is 32.3 Å². The zero-order valence-corrected chi connectivity index (χ0v) is 21.6. The zero-order chi connectivity index (χ0) is 27.3. The minimum atomic E-state index is -0.776. The van der Waals surface area contributed by atoms with Crippen LogP contribution < -0.4 is 5.32 Å². The number of rotatable bonds is 14. The number of benzene rings is 2. The van der Waals surface area contributed by atoms with Gasteiger partial charge in [0.15, 0.2) is 5.69 Å². The molecule has 39 heavy (non-hydrogen) atoms. The number of oxazole rings is 1. The number of carboxylic acids is 1. The van der Waals surface area contributed by atoms with Crippen LogP contribution in [0.25, 0.3) is 17.0 Å². The Hall–Kier alpha value is -4.56. The van der Waals surface area contributed by atoms with Crippen molar-refractivity contribution in [2.75, 3.05) is 13.2 Å². The van der Waals surface area contributed by atoms with Gasteiger partial charge in [-0.15, -0.1) is 0 Å². The molecule has 0 atom stereocenters. The lowest BCUT2D eigenvalue weighted by atomic mass is 9.96. The van der Waals surface area contributed by atoms with Gasteiger partial charge < -0.3 is 19.6 Å². The molecular weight excluding hydrogens is 494 g/mol. The molecule has 1 amide bonds. The summed E-state index contributed by atoms with van der Waals surface area (Å²) in [4.78, 5) is 31.8. The molecule has 8 heteroatoms. The fourth-order valence-electron chi connectivity index (χ4n) is 3.99. The lowest BCUT2D eigenvalue weighted by Gasteiger charge is -2.09. The zero-order valence-electron chi connectivity index (χ0n) is 21.6. The third-order valence-electron chi connectivity index (χ3n) is 5.99. The molecule has 0 saturated heterocycles. The number of unbranched alkanes of at least 4 members (excludes halogenated alkanes) is 2. The Labute approximate surface area is 227 Å². The first kappa shape index (κ1) is 27.5. The van der Waals surface area contributed by atoms with E-state index in [1.54, 1.807) is 6.20 Å². The van der Waals surface area contributed by atoms with Crippen LogP contribution in [0.15, 0.2) is 95.9 Å². The minimum absolute atomic E-state index is 0.170. The number of amides is 1. The number of hydrogen-bond donors (Lipinski definition) is 2. The molecule has 0 spiro atoms. The van der Waals surface area contributed by atoms with E-state index in [9.17, 15) is 9.59 Å². The Kier molecular flexibility index (Phi) is 10.1. The molecule has 2 aromatic heterocycles. The number of nitrogens with one attached hydrogen (secondary N) is 1. The quantitative estimate of drug-likeness (QED) is 0.201. The van der Waals surface area contributed by atoms with E-state index in [2.05, 4.69) is 21.4 Å². The van der Waals surface area contributed by atoms with Gasteiger partial charge in [0.25, 0.3) is 5.91 Å². The minimum Gasteiger partial charge on any atom is -0.481 e. The Balaban J connectivity index is 1.34. The van der Waals surface area contributed by atoms with Crippen LogP contribution in [0.5, 0.6) is 0 Å². The van der Waals surface area contributed by atoms with Gasteiger partial charge in [0, 0.05) is 36.5 Å². The van der Waals surface area contributed by atoms with Crippen molar-refractivity contribution >= 4 is 17.4 Å². The highest BCUT2D eigenvalue weighted by Gasteiger charge is 2.14. The number of nitrogens with zero attached hydrogens (tertiary/aromatic N) is 2. The summed E-state index contributed by atoms with van der Waals surface area (Å²) in [6.07, 6.45) is 9.35. The molecule has 200 valence electrons. The van der Waals surface area contributed by atoms with Gasteiger partial charge in [-0.1, -0.05) is 54.6 Å². The molecule has 4 aromatic rings. The fourth-order valence-corrected chi connectivity index (χ4v) is 3.99. The van der Waals surface area contributed by atoms with Crippen molar-refractivity contribution in [3.8, 4) is 11.5 Å². The van der Waals surface area contributed by atoms with E-state index in [-0.39, 0.29) is 18.0 Å². The van der Waals surface area contributed by atoms with Crippen LogP contribution in [-0.4, -0.2) is 40.1 Å². The molecule has 4 rings (SSSR count). The molecule has 2 aromatic carbocycles. The number of ether oxygens (including phenoxy) is 1. The average molecular weight is 526 g/mol. The highest BCUT2D eigenvalue weighted by molar-refractivity contribution is 5.92. The number of aliphatic carboxylic acids is 1. The molecule has 2 N–H and O–H groups in total. The lowest BCUT2D eigenvalue weighted by molar-refractivity contribution is -0.137. The van der Waals surface area contributed by atoms with Crippen LogP contribution in [0.4, 0.5) is 0 Å². The maximum atomic E-state index is 12.5. The second-order valence-corrected chi connectivity index (χ2v) is 8.91. The van der Waals surface area contributed by atoms with E-state index in [1.807, 2.05) is 72.9 Å². The van der Waals surface area contributed by atoms with Gasteiger partial charge in [-0.3, -0.25) is 14.6 Å². The smallest absolute Gasteiger partial charge is 0.303 e. The number of carbonyl (C=O) groups excluding carboxylic acids is 1. The summed E-state index contributed by atoms with van der Waals surface area (Å²) in [7, 11) is 0. The Bertz CT molecular complexity index is 1370. The van der Waals surface area contributed by atoms with E-state index in [0.29, 0.717) is 32.1 Å². The first-order valence-electron chi connectivity index (χ1n) is 12.9. The van der Waals surface area contributed by atoms with Crippen molar-refractivity contribution in [3.05, 3.63) is 114 Å². The summed E-state index contributed by atoms with van der Waals surface area (Å²) in [6, 6.07) is 21.5. The summed E-state index contributed by atoms with van der Waals surface area (Å²) < 4.78 is 11.2. The van der Waals surface area contributed by atoms with E-state index in [0.717, 1.165) is 40.7 Å². The van der Waals surface area contributed by atoms with Crippen molar-refractivity contribution in [1.82, 2.24) is 15.3 Å². The van der Waals surface area contributed by atoms with Crippen molar-refractivity contribution in [2.24, 2.45) is 0 Å². The summed E-state index contributed by atoms with van der Waals surface area (Å²) >= 11 is 0. The highest BCUT2D eigenvalue weighted by atomic mass is 16.5. The van der Waals surface area contributed by atoms with Crippen LogP contribution in [0.1, 0.15) is 52.9 Å². The number of allylic oxidation sites excluding steroid dienone is 1. The number of hydrogen-bond acceptors (Lipinski definition) is 6. The van der Waals surface area contributed by atoms with E-state index in [1.165, 1.54) is 6.26 Å². The van der Waals surface area contributed by atoms with Gasteiger partial charge in [0.05, 0.1) is 13.2 Å². The van der Waals surface area contributed by atoms with Gasteiger partial charge in [-0.2, -0.15) is 0 Å². The third kappa shape index (κ3) is 8.48. The summed E-state index contributed by atoms with van der Waals surface area (Å²) in [5.74, 6) is -0.746. The number of pyridine rings is 1. The Morgan fingerprint density at radius 3 is 2.54 bits per heavy atom. The second-order valence-electron chi connectivity index (χ2n) is 8.91. The maximum Gasteiger partial charge on any atom is 0.303 e. The molecule has 0 aliphatic heterocycles. The Morgan fingerprint density at radius 1 is 0.974 bits per heavy atom. The van der Waals surface area contributed by atoms with Gasteiger partial charge in [-0.05, 0) is 54.2 Å². The monoisotopic (exact) mass is 525 g/mol. The molecule has 2 heterocycles. The lowest BCUT2D eigenvalue weighted by Crippen LogP contribution is -2.27. The topological polar surface area (TPSA) is 115 Å². The molecule has 0 fully saturated rings. The standard InChI is InChI=1S/C31H31N3O5/c35-29(36)12-6-2-5-11-27(26-10-7-17-32-20-26)24-13-15-25(16-14-24)31-34-28(22-39-31)30(37)33-18-19-38-21-23-8-3-1-4-9-23/h1,3-4,7-11,13-17,20,22H,2,5-6,12,18-19,21H2,(H,33,37)(H,35,36). The second kappa shape index (κ2) is 14.4. The SMILES string of the molecule is O=C(O)CCCCC=C(c1ccc(-c2nc(C(=O)NCCOCc3ccccc3)co2)cc1)c1cccnc1.